The van der Waals surface area contributed by atoms with Crippen LogP contribution in [-0.4, -0.2) is 61.5 Å². The summed E-state index contributed by atoms with van der Waals surface area (Å²) in [7, 11) is -4.31. The van der Waals surface area contributed by atoms with E-state index in [2.05, 4.69) is 4.72 Å². The number of ether oxygens (including phenoxy) is 1. The number of sulfonamides is 1. The number of rotatable bonds is 10. The van der Waals surface area contributed by atoms with Crippen LogP contribution in [0.3, 0.4) is 0 Å². The van der Waals surface area contributed by atoms with Crippen LogP contribution < -0.4 is 4.72 Å². The molecule has 1 unspecified atom stereocenters. The number of carboxylic acid groups (broad SMARTS) is 1. The van der Waals surface area contributed by atoms with Gasteiger partial charge in [-0.25, -0.2) is 8.42 Å². The first-order chi connectivity index (χ1) is 17.8. The predicted octanol–water partition coefficient (Wildman–Crippen LogP) is 3.96. The molecular weight excluding hydrogens is 508 g/mol. The fourth-order valence-electron chi connectivity index (χ4n) is 5.15. The highest BCUT2D eigenvalue weighted by Gasteiger charge is 2.46. The average Bonchev–Trinajstić information content (AvgIpc) is 2.85. The van der Waals surface area contributed by atoms with Gasteiger partial charge >= 0.3 is 11.9 Å². The molecule has 0 radical (unpaired) electrons. The van der Waals surface area contributed by atoms with Gasteiger partial charge < -0.3 is 14.7 Å². The molecule has 38 heavy (non-hydrogen) atoms. The molecular formula is C28H38N2O7S. The smallest absolute Gasteiger partial charge is 0.325 e. The first kappa shape index (κ1) is 29.6. The Labute approximate surface area is 224 Å². The molecule has 0 aliphatic heterocycles. The minimum atomic E-state index is -4.31. The number of fused-ring (bicyclic) bond motifs is 1. The molecule has 1 fully saturated rings. The zero-order chi connectivity index (χ0) is 28.1. The van der Waals surface area contributed by atoms with Crippen LogP contribution in [0.1, 0.15) is 59.8 Å². The third-order valence-electron chi connectivity index (χ3n) is 7.02. The second-order valence-electron chi connectivity index (χ2n) is 10.9. The van der Waals surface area contributed by atoms with E-state index in [1.165, 1.54) is 17.0 Å². The number of benzene rings is 2. The van der Waals surface area contributed by atoms with Gasteiger partial charge in [-0.1, -0.05) is 70.4 Å². The Bertz CT molecular complexity index is 1260. The lowest BCUT2D eigenvalue weighted by atomic mass is 9.76. The van der Waals surface area contributed by atoms with E-state index in [4.69, 9.17) is 4.74 Å². The van der Waals surface area contributed by atoms with Gasteiger partial charge in [0, 0.05) is 6.04 Å². The molecule has 1 aliphatic rings. The van der Waals surface area contributed by atoms with Crippen molar-refractivity contribution in [2.75, 3.05) is 13.2 Å². The van der Waals surface area contributed by atoms with Gasteiger partial charge in [0.25, 0.3) is 0 Å². The van der Waals surface area contributed by atoms with Gasteiger partial charge in [-0.15, -0.1) is 0 Å². The van der Waals surface area contributed by atoms with Crippen LogP contribution in [0.25, 0.3) is 10.8 Å². The van der Waals surface area contributed by atoms with Crippen molar-refractivity contribution in [3.63, 3.8) is 0 Å². The third-order valence-corrected chi connectivity index (χ3v) is 8.45. The van der Waals surface area contributed by atoms with E-state index in [1.807, 2.05) is 12.1 Å². The Morgan fingerprint density at radius 2 is 1.68 bits per heavy atom. The number of carbonyl (C=O) groups excluding carboxylic acids is 2. The largest absolute Gasteiger partial charge is 0.481 e. The lowest BCUT2D eigenvalue weighted by molar-refractivity contribution is -0.156. The van der Waals surface area contributed by atoms with E-state index in [9.17, 15) is 27.9 Å². The minimum absolute atomic E-state index is 0.0818. The molecule has 2 atom stereocenters. The van der Waals surface area contributed by atoms with Crippen molar-refractivity contribution in [2.45, 2.75) is 76.8 Å². The van der Waals surface area contributed by atoms with Crippen LogP contribution in [0.2, 0.25) is 0 Å². The summed E-state index contributed by atoms with van der Waals surface area (Å²) >= 11 is 0. The average molecular weight is 547 g/mol. The second kappa shape index (κ2) is 12.3. The number of aliphatic carboxylic acids is 1. The summed E-state index contributed by atoms with van der Waals surface area (Å²) in [4.78, 5) is 40.4. The maximum Gasteiger partial charge on any atom is 0.325 e. The number of nitrogens with zero attached hydrogens (tertiary/aromatic N) is 1. The zero-order valence-corrected chi connectivity index (χ0v) is 23.3. The number of carbonyl (C=O) groups is 3. The first-order valence-corrected chi connectivity index (χ1v) is 14.5. The second-order valence-corrected chi connectivity index (χ2v) is 12.6. The Morgan fingerprint density at radius 1 is 1.05 bits per heavy atom. The first-order valence-electron chi connectivity index (χ1n) is 13.0. The molecule has 208 valence electrons. The summed E-state index contributed by atoms with van der Waals surface area (Å²) in [6.45, 7) is 6.35. The molecule has 0 bridgehead atoms. The van der Waals surface area contributed by atoms with E-state index in [0.29, 0.717) is 18.2 Å². The number of amides is 1. The van der Waals surface area contributed by atoms with Crippen molar-refractivity contribution >= 4 is 38.6 Å². The molecule has 10 heteroatoms. The normalized spacial score (nSPS) is 16.5. The third kappa shape index (κ3) is 7.11. The van der Waals surface area contributed by atoms with Gasteiger partial charge in [-0.2, -0.15) is 4.72 Å². The summed E-state index contributed by atoms with van der Waals surface area (Å²) < 4.78 is 34.7. The molecule has 3 rings (SSSR count). The highest BCUT2D eigenvalue weighted by molar-refractivity contribution is 7.89. The summed E-state index contributed by atoms with van der Waals surface area (Å²) in [5.41, 5.74) is -0.986. The van der Waals surface area contributed by atoms with E-state index >= 15 is 0 Å². The van der Waals surface area contributed by atoms with Crippen LogP contribution in [0.4, 0.5) is 0 Å². The molecule has 0 saturated heterocycles. The molecule has 9 nitrogen and oxygen atoms in total. The van der Waals surface area contributed by atoms with E-state index < -0.39 is 45.2 Å². The monoisotopic (exact) mass is 546 g/mol. The van der Waals surface area contributed by atoms with E-state index in [0.717, 1.165) is 24.6 Å². The summed E-state index contributed by atoms with van der Waals surface area (Å²) in [5, 5.41) is 11.7. The Morgan fingerprint density at radius 3 is 2.26 bits per heavy atom. The van der Waals surface area contributed by atoms with Gasteiger partial charge in [-0.05, 0) is 48.1 Å². The molecule has 1 amide bonds. The number of hydrogen-bond donors (Lipinski definition) is 2. The van der Waals surface area contributed by atoms with Gasteiger partial charge in [0.2, 0.25) is 15.9 Å². The standard InChI is InChI=1S/C28H38N2O7S/c1-5-37-23(31)18-30(21-13-7-6-8-14-21)26(32)25(24(27(33)34)28(2,3)4)29-38(35,36)22-16-15-19-11-9-10-12-20(19)17-22/h9-12,15-17,21,24-25,29H,5-8,13-14,18H2,1-4H3,(H,33,34)/t24-,25?/m0/s1. The van der Waals surface area contributed by atoms with Gasteiger partial charge in [0.1, 0.15) is 12.6 Å². The SMILES string of the molecule is CCOC(=O)CN(C(=O)C(NS(=O)(=O)c1ccc2ccccc2c1)[C@@H](C(=O)O)C(C)(C)C)C1CCCCC1. The van der Waals surface area contributed by atoms with Crippen molar-refractivity contribution in [3.8, 4) is 0 Å². The van der Waals surface area contributed by atoms with Crippen LogP contribution >= 0.6 is 0 Å². The van der Waals surface area contributed by atoms with Crippen molar-refractivity contribution < 1.29 is 32.6 Å². The van der Waals surface area contributed by atoms with Crippen LogP contribution in [-0.2, 0) is 29.1 Å². The molecule has 1 aliphatic carbocycles. The van der Waals surface area contributed by atoms with Crippen molar-refractivity contribution in [3.05, 3.63) is 42.5 Å². The molecule has 1 saturated carbocycles. The number of nitrogens with one attached hydrogen (secondary N) is 1. The van der Waals surface area contributed by atoms with Crippen molar-refractivity contribution in [2.24, 2.45) is 11.3 Å². The van der Waals surface area contributed by atoms with Gasteiger partial charge in [0.15, 0.2) is 0 Å². The summed E-state index contributed by atoms with van der Waals surface area (Å²) in [5.74, 6) is -4.07. The Balaban J connectivity index is 2.06. The highest BCUT2D eigenvalue weighted by atomic mass is 32.2. The predicted molar refractivity (Wildman–Crippen MR) is 144 cm³/mol. The maximum atomic E-state index is 14.1. The lowest BCUT2D eigenvalue weighted by Crippen LogP contribution is -2.59. The molecule has 0 heterocycles. The quantitative estimate of drug-likeness (QED) is 0.432. The topological polar surface area (TPSA) is 130 Å². The molecule has 2 N–H and O–H groups in total. The summed E-state index contributed by atoms with van der Waals surface area (Å²) in [6.07, 6.45) is 3.99. The van der Waals surface area contributed by atoms with E-state index in [1.54, 1.807) is 45.9 Å². The summed E-state index contributed by atoms with van der Waals surface area (Å²) in [6, 6.07) is 9.88. The number of hydrogen-bond acceptors (Lipinski definition) is 6. The maximum absolute atomic E-state index is 14.1. The van der Waals surface area contributed by atoms with Crippen LogP contribution in [0.5, 0.6) is 0 Å². The number of esters is 1. The fourth-order valence-corrected chi connectivity index (χ4v) is 6.38. The molecule has 0 aromatic heterocycles. The van der Waals surface area contributed by atoms with Crippen LogP contribution in [0.15, 0.2) is 47.4 Å². The van der Waals surface area contributed by atoms with Gasteiger partial charge in [-0.3, -0.25) is 14.4 Å². The molecule has 0 spiro atoms. The van der Waals surface area contributed by atoms with Crippen LogP contribution in [0, 0.1) is 11.3 Å². The van der Waals surface area contributed by atoms with Crippen molar-refractivity contribution in [1.82, 2.24) is 9.62 Å². The van der Waals surface area contributed by atoms with Crippen molar-refractivity contribution in [1.29, 1.82) is 0 Å². The molecule has 2 aromatic rings. The highest BCUT2D eigenvalue weighted by Crippen LogP contribution is 2.33. The minimum Gasteiger partial charge on any atom is -0.481 e. The van der Waals surface area contributed by atoms with E-state index in [-0.39, 0.29) is 24.1 Å². The van der Waals surface area contributed by atoms with Gasteiger partial charge in [0.05, 0.1) is 17.4 Å². The fraction of sp³-hybridized carbons (Fsp3) is 0.536. The zero-order valence-electron chi connectivity index (χ0n) is 22.5. The Hall–Kier alpha value is -2.98. The molecule has 2 aromatic carbocycles. The Kier molecular flexibility index (Phi) is 9.54. The number of carboxylic acids is 1. The lowest BCUT2D eigenvalue weighted by Gasteiger charge is -2.39.